The van der Waals surface area contributed by atoms with E-state index >= 15 is 0 Å². The van der Waals surface area contributed by atoms with E-state index in [2.05, 4.69) is 0 Å². The van der Waals surface area contributed by atoms with Crippen LogP contribution in [-0.2, 0) is 0 Å². The van der Waals surface area contributed by atoms with Crippen molar-refractivity contribution in [1.82, 2.24) is 5.32 Å². The molecule has 0 spiro atoms. The number of carbonyl (C=O) groups excluding carboxylic acids is 1. The monoisotopic (exact) mass is 259 g/mol. The van der Waals surface area contributed by atoms with Gasteiger partial charge in [-0.05, 0) is 30.9 Å². The summed E-state index contributed by atoms with van der Waals surface area (Å²) in [5.41, 5.74) is 0. The molecule has 1 fully saturated rings. The molecule has 1 N–H and O–H groups in total. The van der Waals surface area contributed by atoms with Crippen molar-refractivity contribution in [1.29, 1.82) is 0 Å². The van der Waals surface area contributed by atoms with Crippen molar-refractivity contribution < 1.29 is 22.7 Å². The lowest BCUT2D eigenvalue weighted by Gasteiger charge is -2.20. The molecule has 1 saturated carbocycles. The molecule has 0 saturated heterocycles. The molecular formula is C12H12F3NO2. The van der Waals surface area contributed by atoms with Crippen molar-refractivity contribution >= 4 is 6.09 Å². The van der Waals surface area contributed by atoms with E-state index in [0.717, 1.165) is 0 Å². The van der Waals surface area contributed by atoms with E-state index < -0.39 is 24.2 Å². The van der Waals surface area contributed by atoms with Crippen LogP contribution in [0.1, 0.15) is 12.8 Å². The average molecular weight is 259 g/mol. The molecule has 0 aromatic heterocycles. The van der Waals surface area contributed by atoms with Crippen LogP contribution in [0.15, 0.2) is 30.3 Å². The first kappa shape index (κ1) is 12.7. The van der Waals surface area contributed by atoms with Crippen LogP contribution in [0.2, 0.25) is 0 Å². The van der Waals surface area contributed by atoms with Crippen LogP contribution in [0.25, 0.3) is 0 Å². The maximum atomic E-state index is 12.6. The third kappa shape index (κ3) is 3.38. The molecule has 3 nitrogen and oxygen atoms in total. The van der Waals surface area contributed by atoms with Crippen LogP contribution < -0.4 is 10.1 Å². The zero-order chi connectivity index (χ0) is 13.2. The van der Waals surface area contributed by atoms with Gasteiger partial charge in [0.05, 0.1) is 0 Å². The summed E-state index contributed by atoms with van der Waals surface area (Å²) < 4.78 is 42.7. The lowest BCUT2D eigenvalue weighted by molar-refractivity contribution is -0.158. The standard InChI is InChI=1S/C12H12F3NO2/c13-12(14,15)10(8-6-7-8)16-11(17)18-9-4-2-1-3-5-9/h1-5,8,10H,6-7H2,(H,16,17). The summed E-state index contributed by atoms with van der Waals surface area (Å²) in [5.74, 6) is -0.306. The zero-order valence-electron chi connectivity index (χ0n) is 9.41. The molecule has 18 heavy (non-hydrogen) atoms. The molecule has 1 aliphatic rings. The Hall–Kier alpha value is -1.72. The first-order valence-corrected chi connectivity index (χ1v) is 5.57. The topological polar surface area (TPSA) is 38.3 Å². The molecule has 0 aliphatic heterocycles. The molecule has 0 radical (unpaired) electrons. The largest absolute Gasteiger partial charge is 0.413 e. The number of benzene rings is 1. The minimum absolute atomic E-state index is 0.215. The number of hydrogen-bond acceptors (Lipinski definition) is 2. The summed E-state index contributed by atoms with van der Waals surface area (Å²) in [6.45, 7) is 0. The number of alkyl halides is 3. The Morgan fingerprint density at radius 1 is 1.28 bits per heavy atom. The van der Waals surface area contributed by atoms with Gasteiger partial charge in [-0.15, -0.1) is 0 Å². The van der Waals surface area contributed by atoms with Crippen molar-refractivity contribution in [2.45, 2.75) is 25.1 Å². The summed E-state index contributed by atoms with van der Waals surface area (Å²) in [4.78, 5) is 11.4. The molecule has 98 valence electrons. The second-order valence-corrected chi connectivity index (χ2v) is 4.20. The Labute approximate surface area is 102 Å². The maximum absolute atomic E-state index is 12.6. The van der Waals surface area contributed by atoms with Crippen LogP contribution in [0.4, 0.5) is 18.0 Å². The van der Waals surface area contributed by atoms with Gasteiger partial charge in [-0.3, -0.25) is 0 Å². The predicted octanol–water partition coefficient (Wildman–Crippen LogP) is 3.12. The van der Waals surface area contributed by atoms with E-state index in [9.17, 15) is 18.0 Å². The van der Waals surface area contributed by atoms with E-state index in [1.807, 2.05) is 5.32 Å². The third-order valence-electron chi connectivity index (χ3n) is 2.67. The molecule has 0 heterocycles. The van der Waals surface area contributed by atoms with Gasteiger partial charge in [0.1, 0.15) is 11.8 Å². The lowest BCUT2D eigenvalue weighted by Crippen LogP contribution is -2.47. The SMILES string of the molecule is O=C(NC(C1CC1)C(F)(F)F)Oc1ccccc1. The third-order valence-corrected chi connectivity index (χ3v) is 2.67. The molecular weight excluding hydrogens is 247 g/mol. The molecule has 1 aliphatic carbocycles. The van der Waals surface area contributed by atoms with Crippen LogP contribution in [0.3, 0.4) is 0 Å². The number of halogens is 3. The van der Waals surface area contributed by atoms with Crippen molar-refractivity contribution in [3.63, 3.8) is 0 Å². The van der Waals surface area contributed by atoms with E-state index in [0.29, 0.717) is 12.8 Å². The zero-order valence-corrected chi connectivity index (χ0v) is 9.41. The van der Waals surface area contributed by atoms with Crippen molar-refractivity contribution in [2.24, 2.45) is 5.92 Å². The first-order valence-electron chi connectivity index (χ1n) is 5.57. The minimum Gasteiger partial charge on any atom is -0.410 e. The first-order chi connectivity index (χ1) is 8.47. The fourth-order valence-corrected chi connectivity index (χ4v) is 1.65. The normalized spacial score (nSPS) is 17.1. The Kier molecular flexibility index (Phi) is 3.45. The molecule has 1 unspecified atom stereocenters. The smallest absolute Gasteiger partial charge is 0.410 e. The molecule has 1 amide bonds. The number of hydrogen-bond donors (Lipinski definition) is 1. The van der Waals surface area contributed by atoms with Gasteiger partial charge in [-0.1, -0.05) is 18.2 Å². The van der Waals surface area contributed by atoms with Gasteiger partial charge < -0.3 is 10.1 Å². The molecule has 6 heteroatoms. The van der Waals surface area contributed by atoms with Gasteiger partial charge in [0, 0.05) is 0 Å². The average Bonchev–Trinajstić information content (AvgIpc) is 3.09. The predicted molar refractivity (Wildman–Crippen MR) is 58.2 cm³/mol. The second kappa shape index (κ2) is 4.88. The van der Waals surface area contributed by atoms with Gasteiger partial charge >= 0.3 is 12.3 Å². The molecule has 1 aromatic carbocycles. The van der Waals surface area contributed by atoms with E-state index in [1.165, 1.54) is 12.1 Å². The highest BCUT2D eigenvalue weighted by Crippen LogP contribution is 2.40. The molecule has 0 bridgehead atoms. The number of para-hydroxylation sites is 1. The molecule has 2 rings (SSSR count). The van der Waals surface area contributed by atoms with E-state index in [1.54, 1.807) is 18.2 Å². The Balaban J connectivity index is 1.93. The van der Waals surface area contributed by atoms with Crippen LogP contribution >= 0.6 is 0 Å². The minimum atomic E-state index is -4.43. The Morgan fingerprint density at radius 2 is 1.89 bits per heavy atom. The maximum Gasteiger partial charge on any atom is 0.413 e. The van der Waals surface area contributed by atoms with Gasteiger partial charge in [0.15, 0.2) is 0 Å². The fourth-order valence-electron chi connectivity index (χ4n) is 1.65. The molecule has 1 aromatic rings. The summed E-state index contributed by atoms with van der Waals surface area (Å²) in [6, 6.07) is 6.16. The van der Waals surface area contributed by atoms with E-state index in [-0.39, 0.29) is 5.75 Å². The van der Waals surface area contributed by atoms with Gasteiger partial charge in [-0.2, -0.15) is 13.2 Å². The van der Waals surface area contributed by atoms with Crippen molar-refractivity contribution in [2.75, 3.05) is 0 Å². The highest BCUT2D eigenvalue weighted by molar-refractivity contribution is 5.70. The van der Waals surface area contributed by atoms with Gasteiger partial charge in [-0.25, -0.2) is 4.79 Å². The number of carbonyl (C=O) groups is 1. The summed E-state index contributed by atoms with van der Waals surface area (Å²) in [7, 11) is 0. The second-order valence-electron chi connectivity index (χ2n) is 4.20. The Bertz CT molecular complexity index is 415. The Morgan fingerprint density at radius 3 is 2.39 bits per heavy atom. The number of rotatable bonds is 3. The summed E-state index contributed by atoms with van der Waals surface area (Å²) >= 11 is 0. The lowest BCUT2D eigenvalue weighted by atomic mass is 10.2. The highest BCUT2D eigenvalue weighted by atomic mass is 19.4. The van der Waals surface area contributed by atoms with Gasteiger partial charge in [0.25, 0.3) is 0 Å². The quantitative estimate of drug-likeness (QED) is 0.905. The van der Waals surface area contributed by atoms with Crippen molar-refractivity contribution in [3.05, 3.63) is 30.3 Å². The van der Waals surface area contributed by atoms with Crippen molar-refractivity contribution in [3.8, 4) is 5.75 Å². The highest BCUT2D eigenvalue weighted by Gasteiger charge is 2.50. The van der Waals surface area contributed by atoms with Crippen LogP contribution in [0, 0.1) is 5.92 Å². The summed E-state index contributed by atoms with van der Waals surface area (Å²) in [6.07, 6.45) is -4.54. The number of amides is 1. The fraction of sp³-hybridized carbons (Fsp3) is 0.417. The van der Waals surface area contributed by atoms with Gasteiger partial charge in [0.2, 0.25) is 0 Å². The molecule has 1 atom stereocenters. The van der Waals surface area contributed by atoms with Crippen LogP contribution in [0.5, 0.6) is 5.75 Å². The summed E-state index contributed by atoms with van der Waals surface area (Å²) in [5, 5.41) is 1.88. The van der Waals surface area contributed by atoms with Crippen LogP contribution in [-0.4, -0.2) is 18.3 Å². The number of nitrogens with one attached hydrogen (secondary N) is 1. The van der Waals surface area contributed by atoms with E-state index in [4.69, 9.17) is 4.74 Å². The number of ether oxygens (including phenoxy) is 1.